The van der Waals surface area contributed by atoms with Crippen molar-refractivity contribution in [2.45, 2.75) is 0 Å². The molecule has 64 valence electrons. The highest BCUT2D eigenvalue weighted by atomic mass is 35.5. The summed E-state index contributed by atoms with van der Waals surface area (Å²) < 4.78 is -0.889. The Morgan fingerprint density at radius 2 is 1.36 bits per heavy atom. The van der Waals surface area contributed by atoms with Crippen LogP contribution in [-0.4, -0.2) is 4.70 Å². The van der Waals surface area contributed by atoms with Crippen molar-refractivity contribution < 1.29 is 4.79 Å². The van der Waals surface area contributed by atoms with Gasteiger partial charge in [0.05, 0.1) is 0 Å². The van der Waals surface area contributed by atoms with Crippen molar-refractivity contribution in [2.24, 2.45) is 0 Å². The molecule has 0 aromatic heterocycles. The Kier molecular flexibility index (Phi) is 11.4. The van der Waals surface area contributed by atoms with Gasteiger partial charge in [0.2, 0.25) is 0 Å². The van der Waals surface area contributed by atoms with Crippen LogP contribution in [0, 0.1) is 0 Å². The summed E-state index contributed by atoms with van der Waals surface area (Å²) in [6, 6.07) is 0. The van der Waals surface area contributed by atoms with E-state index in [0.29, 0.717) is 0 Å². The fourth-order valence-corrected chi connectivity index (χ4v) is 7.80. The second-order valence-electron chi connectivity index (χ2n) is 0.894. The van der Waals surface area contributed by atoms with E-state index in [1.165, 1.54) is 0 Å². The highest BCUT2D eigenvalue weighted by molar-refractivity contribution is 9.36. The molecule has 0 unspecified atom stereocenters. The van der Waals surface area contributed by atoms with Crippen molar-refractivity contribution in [1.29, 1.82) is 0 Å². The molecule has 0 spiro atoms. The molecule has 0 aromatic carbocycles. The van der Waals surface area contributed by atoms with Gasteiger partial charge in [-0.3, -0.25) is 4.79 Å². The van der Waals surface area contributed by atoms with Crippen molar-refractivity contribution in [3.8, 4) is 0 Å². The predicted molar refractivity (Wildman–Crippen MR) is 64.2 cm³/mol. The summed E-state index contributed by atoms with van der Waals surface area (Å²) in [5.41, 5.74) is 0. The van der Waals surface area contributed by atoms with Gasteiger partial charge in [-0.05, 0) is 63.5 Å². The predicted octanol–water partition coefficient (Wildman–Crippen LogP) is 5.38. The lowest BCUT2D eigenvalue weighted by Crippen LogP contribution is -1.46. The van der Waals surface area contributed by atoms with Crippen LogP contribution in [0.3, 0.4) is 0 Å². The fourth-order valence-electron chi connectivity index (χ4n) is 0.134. The average molecular weight is 285 g/mol. The lowest BCUT2D eigenvalue weighted by molar-refractivity contribution is 0.275. The molecule has 0 amide bonds. The Morgan fingerprint density at radius 1 is 1.00 bits per heavy atom. The van der Waals surface area contributed by atoms with Gasteiger partial charge >= 0.3 is 4.70 Å². The van der Waals surface area contributed by atoms with Gasteiger partial charge in [-0.25, -0.2) is 0 Å². The summed E-state index contributed by atoms with van der Waals surface area (Å²) in [6.45, 7) is 0. The molecule has 0 radical (unpaired) electrons. The minimum atomic E-state index is -0.889. The third-order valence-electron chi connectivity index (χ3n) is 0.301. The topological polar surface area (TPSA) is 17.1 Å². The third-order valence-corrected chi connectivity index (χ3v) is 8.12. The SMILES string of the molecule is C1=CSSSSS1.O=C(Cl)Cl. The van der Waals surface area contributed by atoms with Crippen LogP contribution in [0.4, 0.5) is 4.79 Å². The number of carbonyl (C=O) groups is 1. The highest BCUT2D eigenvalue weighted by Gasteiger charge is 1.92. The molecule has 1 aliphatic rings. The summed E-state index contributed by atoms with van der Waals surface area (Å²) in [4.78, 5) is 8.98. The van der Waals surface area contributed by atoms with Gasteiger partial charge < -0.3 is 0 Å². The quantitative estimate of drug-likeness (QED) is 0.436. The van der Waals surface area contributed by atoms with Gasteiger partial charge in [0, 0.05) is 0 Å². The molecule has 0 aromatic rings. The molecule has 8 heteroatoms. The van der Waals surface area contributed by atoms with E-state index in [0.717, 1.165) is 0 Å². The van der Waals surface area contributed by atoms with E-state index in [4.69, 9.17) is 4.79 Å². The van der Waals surface area contributed by atoms with Gasteiger partial charge in [-0.2, -0.15) is 0 Å². The molecule has 0 fully saturated rings. The summed E-state index contributed by atoms with van der Waals surface area (Å²) in [6.07, 6.45) is 0. The van der Waals surface area contributed by atoms with E-state index in [1.807, 2.05) is 9.83 Å². The second kappa shape index (κ2) is 9.83. The summed E-state index contributed by atoms with van der Waals surface area (Å²) >= 11 is 8.80. The Morgan fingerprint density at radius 3 is 1.73 bits per heavy atom. The standard InChI is InChI=1S/C2H2S5.CCl2O/c1-2-4-6-7-5-3-1;2-1(3)4/h1-2H;. The van der Waals surface area contributed by atoms with Gasteiger partial charge in [-0.15, -0.1) is 0 Å². The van der Waals surface area contributed by atoms with Crippen LogP contribution in [0.5, 0.6) is 0 Å². The Hall–Kier alpha value is 1.74. The van der Waals surface area contributed by atoms with Crippen molar-refractivity contribution in [3.05, 3.63) is 10.8 Å². The smallest absolute Gasteiger partial charge is 0.262 e. The number of hydrogen-bond acceptors (Lipinski definition) is 6. The van der Waals surface area contributed by atoms with E-state index in [-0.39, 0.29) is 0 Å². The number of carbonyl (C=O) groups excluding carboxylic acids is 1. The maximum absolute atomic E-state index is 8.98. The zero-order chi connectivity index (χ0) is 8.53. The number of hydrogen-bond donors (Lipinski definition) is 0. The van der Waals surface area contributed by atoms with Crippen LogP contribution in [-0.2, 0) is 0 Å². The largest absolute Gasteiger partial charge is 0.313 e. The summed E-state index contributed by atoms with van der Waals surface area (Å²) in [5.74, 6) is 0. The van der Waals surface area contributed by atoms with Crippen LogP contribution in [0.2, 0.25) is 0 Å². The Labute approximate surface area is 93.8 Å². The van der Waals surface area contributed by atoms with E-state index in [2.05, 4.69) is 34.0 Å². The van der Waals surface area contributed by atoms with E-state index >= 15 is 0 Å². The lowest BCUT2D eigenvalue weighted by atomic mass is 11.3. The molecule has 0 N–H and O–H groups in total. The molecule has 0 saturated carbocycles. The van der Waals surface area contributed by atoms with E-state index in [1.54, 1.807) is 41.2 Å². The first kappa shape index (κ1) is 12.7. The van der Waals surface area contributed by atoms with Crippen LogP contribution < -0.4 is 0 Å². The van der Waals surface area contributed by atoms with Gasteiger partial charge in [0.25, 0.3) is 0 Å². The molecular formula is C3H2Cl2OS5. The van der Waals surface area contributed by atoms with Crippen LogP contribution in [0.15, 0.2) is 10.8 Å². The molecule has 1 nitrogen and oxygen atoms in total. The minimum Gasteiger partial charge on any atom is -0.262 e. The lowest BCUT2D eigenvalue weighted by Gasteiger charge is -1.83. The second-order valence-corrected chi connectivity index (χ2v) is 9.17. The molecule has 1 aliphatic heterocycles. The minimum absolute atomic E-state index is 0.889. The van der Waals surface area contributed by atoms with Crippen molar-refractivity contribution in [1.82, 2.24) is 0 Å². The van der Waals surface area contributed by atoms with Gasteiger partial charge in [0.1, 0.15) is 0 Å². The maximum atomic E-state index is 8.98. The maximum Gasteiger partial charge on any atom is 0.313 e. The van der Waals surface area contributed by atoms with E-state index in [9.17, 15) is 0 Å². The van der Waals surface area contributed by atoms with Crippen LogP contribution in [0.25, 0.3) is 0 Å². The zero-order valence-electron chi connectivity index (χ0n) is 4.86. The molecule has 0 atom stereocenters. The zero-order valence-corrected chi connectivity index (χ0v) is 10.5. The van der Waals surface area contributed by atoms with Gasteiger partial charge in [-0.1, -0.05) is 21.6 Å². The Bertz CT molecular complexity index is 128. The van der Waals surface area contributed by atoms with Gasteiger partial charge in [0.15, 0.2) is 0 Å². The monoisotopic (exact) mass is 284 g/mol. The summed E-state index contributed by atoms with van der Waals surface area (Å²) in [7, 11) is 8.97. The molecule has 0 saturated heterocycles. The van der Waals surface area contributed by atoms with Crippen LogP contribution >= 0.6 is 74.3 Å². The third kappa shape index (κ3) is 14.6. The first-order chi connectivity index (χ1) is 5.23. The van der Waals surface area contributed by atoms with Crippen molar-refractivity contribution >= 4 is 79.0 Å². The highest BCUT2D eigenvalue weighted by Crippen LogP contribution is 2.52. The summed E-state index contributed by atoms with van der Waals surface area (Å²) in [5, 5.41) is 4.20. The van der Waals surface area contributed by atoms with E-state index < -0.39 is 4.70 Å². The molecule has 11 heavy (non-hydrogen) atoms. The molecule has 1 rings (SSSR count). The first-order valence-corrected chi connectivity index (χ1v) is 9.09. The van der Waals surface area contributed by atoms with Crippen LogP contribution in [0.1, 0.15) is 0 Å². The molecule has 0 aliphatic carbocycles. The Balaban J connectivity index is 0.000000218. The first-order valence-electron chi connectivity index (χ1n) is 2.05. The van der Waals surface area contributed by atoms with Crippen molar-refractivity contribution in [3.63, 3.8) is 0 Å². The molecule has 1 heterocycles. The molecule has 0 bridgehead atoms. The normalized spacial score (nSPS) is 16.2. The fraction of sp³-hybridized carbons (Fsp3) is 0. The number of halogens is 2. The van der Waals surface area contributed by atoms with Crippen molar-refractivity contribution in [2.75, 3.05) is 0 Å². The molecular weight excluding hydrogens is 283 g/mol. The number of rotatable bonds is 0. The average Bonchev–Trinajstić information content (AvgIpc) is 2.13.